The van der Waals surface area contributed by atoms with Gasteiger partial charge in [0.15, 0.2) is 0 Å². The predicted molar refractivity (Wildman–Crippen MR) is 77.1 cm³/mol. The Kier molecular flexibility index (Phi) is 3.25. The third-order valence-electron chi connectivity index (χ3n) is 3.71. The van der Waals surface area contributed by atoms with Crippen LogP contribution in [0.3, 0.4) is 0 Å². The molecule has 0 radical (unpaired) electrons. The Bertz CT molecular complexity index is 629. The van der Waals surface area contributed by atoms with Gasteiger partial charge in [0.25, 0.3) is 5.91 Å². The molecule has 1 unspecified atom stereocenters. The summed E-state index contributed by atoms with van der Waals surface area (Å²) in [4.78, 5) is 36.9. The third-order valence-corrected chi connectivity index (χ3v) is 3.71. The lowest BCUT2D eigenvalue weighted by molar-refractivity contribution is -0.138. The fraction of sp³-hybridized carbons (Fsp3) is 0.357. The van der Waals surface area contributed by atoms with Crippen LogP contribution in [0.5, 0.6) is 0 Å². The number of hydrogen-bond acceptors (Lipinski definition) is 5. The van der Waals surface area contributed by atoms with Crippen LogP contribution in [0.2, 0.25) is 0 Å². The Morgan fingerprint density at radius 3 is 2.67 bits per heavy atom. The zero-order valence-electron chi connectivity index (χ0n) is 11.6. The average molecular weight is 288 g/mol. The maximum atomic E-state index is 12.5. The summed E-state index contributed by atoms with van der Waals surface area (Å²) in [5, 5.41) is 8.66. The van der Waals surface area contributed by atoms with Crippen LogP contribution in [0, 0.1) is 0 Å². The first-order valence-corrected chi connectivity index (χ1v) is 6.83. The van der Waals surface area contributed by atoms with Crippen molar-refractivity contribution in [2.24, 2.45) is 0 Å². The Morgan fingerprint density at radius 1 is 1.19 bits per heavy atom. The molecule has 1 aromatic rings. The highest BCUT2D eigenvalue weighted by Crippen LogP contribution is 2.26. The zero-order valence-corrected chi connectivity index (χ0v) is 11.6. The molecule has 2 aliphatic heterocycles. The SMILES string of the molecule is CC1C(=O)NC(=O)CN1C(=O)c1ccc2c(c1)NCCN2. The van der Waals surface area contributed by atoms with Crippen molar-refractivity contribution in [3.8, 4) is 0 Å². The topological polar surface area (TPSA) is 90.5 Å². The highest BCUT2D eigenvalue weighted by molar-refractivity contribution is 6.07. The Morgan fingerprint density at radius 2 is 1.90 bits per heavy atom. The van der Waals surface area contributed by atoms with Crippen molar-refractivity contribution in [1.29, 1.82) is 0 Å². The second kappa shape index (κ2) is 5.08. The molecule has 1 saturated heterocycles. The number of carbonyl (C=O) groups is 3. The highest BCUT2D eigenvalue weighted by atomic mass is 16.2. The number of piperazine rings is 1. The molecule has 110 valence electrons. The van der Waals surface area contributed by atoms with E-state index in [4.69, 9.17) is 0 Å². The summed E-state index contributed by atoms with van der Waals surface area (Å²) in [5.41, 5.74) is 2.25. The summed E-state index contributed by atoms with van der Waals surface area (Å²) >= 11 is 0. The van der Waals surface area contributed by atoms with Gasteiger partial charge in [-0.3, -0.25) is 19.7 Å². The fourth-order valence-corrected chi connectivity index (χ4v) is 2.50. The van der Waals surface area contributed by atoms with Crippen molar-refractivity contribution in [2.75, 3.05) is 30.3 Å². The molecule has 1 fully saturated rings. The van der Waals surface area contributed by atoms with Crippen LogP contribution in [0.1, 0.15) is 17.3 Å². The van der Waals surface area contributed by atoms with Gasteiger partial charge in [-0.05, 0) is 25.1 Å². The molecule has 7 heteroatoms. The van der Waals surface area contributed by atoms with Crippen LogP contribution in [0.4, 0.5) is 11.4 Å². The molecule has 2 aliphatic rings. The number of benzene rings is 1. The Hall–Kier alpha value is -2.57. The van der Waals surface area contributed by atoms with E-state index in [1.165, 1.54) is 4.90 Å². The van der Waals surface area contributed by atoms with E-state index in [1.54, 1.807) is 19.1 Å². The van der Waals surface area contributed by atoms with Crippen molar-refractivity contribution < 1.29 is 14.4 Å². The van der Waals surface area contributed by atoms with E-state index < -0.39 is 17.9 Å². The van der Waals surface area contributed by atoms with Gasteiger partial charge >= 0.3 is 0 Å². The summed E-state index contributed by atoms with van der Waals surface area (Å²) in [6.45, 7) is 3.12. The van der Waals surface area contributed by atoms with Crippen molar-refractivity contribution in [3.05, 3.63) is 23.8 Å². The summed E-state index contributed by atoms with van der Waals surface area (Å²) in [7, 11) is 0. The number of anilines is 2. The van der Waals surface area contributed by atoms with E-state index in [1.807, 2.05) is 6.07 Å². The molecule has 0 aliphatic carbocycles. The monoisotopic (exact) mass is 288 g/mol. The first-order chi connectivity index (χ1) is 10.1. The normalized spacial score (nSPS) is 21.0. The zero-order chi connectivity index (χ0) is 15.0. The summed E-state index contributed by atoms with van der Waals surface area (Å²) < 4.78 is 0. The lowest BCUT2D eigenvalue weighted by Crippen LogP contribution is -2.58. The Labute approximate surface area is 121 Å². The van der Waals surface area contributed by atoms with Gasteiger partial charge in [-0.2, -0.15) is 0 Å². The third kappa shape index (κ3) is 2.42. The fourth-order valence-electron chi connectivity index (χ4n) is 2.50. The van der Waals surface area contributed by atoms with E-state index in [-0.39, 0.29) is 12.5 Å². The maximum absolute atomic E-state index is 12.5. The van der Waals surface area contributed by atoms with Crippen LogP contribution in [0.25, 0.3) is 0 Å². The minimum Gasteiger partial charge on any atom is -0.382 e. The second-order valence-corrected chi connectivity index (χ2v) is 5.14. The summed E-state index contributed by atoms with van der Waals surface area (Å²) in [5.74, 6) is -1.22. The summed E-state index contributed by atoms with van der Waals surface area (Å²) in [6.07, 6.45) is 0. The lowest BCUT2D eigenvalue weighted by atomic mass is 10.1. The summed E-state index contributed by atoms with van der Waals surface area (Å²) in [6, 6.07) is 4.61. The number of imide groups is 1. The van der Waals surface area contributed by atoms with Crippen molar-refractivity contribution in [1.82, 2.24) is 10.2 Å². The average Bonchev–Trinajstić information content (AvgIpc) is 2.49. The minimum atomic E-state index is -0.655. The molecule has 0 bridgehead atoms. The molecule has 1 atom stereocenters. The largest absolute Gasteiger partial charge is 0.382 e. The molecular formula is C14H16N4O3. The maximum Gasteiger partial charge on any atom is 0.255 e. The highest BCUT2D eigenvalue weighted by Gasteiger charge is 2.34. The first-order valence-electron chi connectivity index (χ1n) is 6.83. The van der Waals surface area contributed by atoms with Gasteiger partial charge in [0.1, 0.15) is 12.6 Å². The number of rotatable bonds is 1. The van der Waals surface area contributed by atoms with Gasteiger partial charge in [-0.1, -0.05) is 0 Å². The van der Waals surface area contributed by atoms with Crippen LogP contribution < -0.4 is 16.0 Å². The van der Waals surface area contributed by atoms with Crippen molar-refractivity contribution in [2.45, 2.75) is 13.0 Å². The van der Waals surface area contributed by atoms with E-state index in [2.05, 4.69) is 16.0 Å². The number of nitrogens with one attached hydrogen (secondary N) is 3. The van der Waals surface area contributed by atoms with Crippen LogP contribution in [-0.4, -0.2) is 48.3 Å². The van der Waals surface area contributed by atoms with Crippen molar-refractivity contribution in [3.63, 3.8) is 0 Å². The van der Waals surface area contributed by atoms with E-state index in [0.717, 1.165) is 24.5 Å². The molecule has 0 saturated carbocycles. The number of nitrogens with zero attached hydrogens (tertiary/aromatic N) is 1. The molecule has 3 rings (SSSR count). The smallest absolute Gasteiger partial charge is 0.255 e. The quantitative estimate of drug-likeness (QED) is 0.633. The molecule has 21 heavy (non-hydrogen) atoms. The number of fused-ring (bicyclic) bond motifs is 1. The van der Waals surface area contributed by atoms with Gasteiger partial charge in [0, 0.05) is 18.7 Å². The molecule has 7 nitrogen and oxygen atoms in total. The molecule has 2 heterocycles. The van der Waals surface area contributed by atoms with Gasteiger partial charge in [0.2, 0.25) is 11.8 Å². The van der Waals surface area contributed by atoms with Crippen molar-refractivity contribution >= 4 is 29.1 Å². The molecular weight excluding hydrogens is 272 g/mol. The molecule has 3 amide bonds. The number of hydrogen-bond donors (Lipinski definition) is 3. The lowest BCUT2D eigenvalue weighted by Gasteiger charge is -2.32. The number of amides is 3. The number of carbonyl (C=O) groups excluding carboxylic acids is 3. The Balaban J connectivity index is 1.87. The van der Waals surface area contributed by atoms with Gasteiger partial charge in [-0.15, -0.1) is 0 Å². The first kappa shape index (κ1) is 13.4. The standard InChI is InChI=1S/C14H16N4O3/c1-8-13(20)17-12(19)7-18(8)14(21)9-2-3-10-11(6-9)16-5-4-15-10/h2-3,6,8,15-16H,4-5,7H2,1H3,(H,17,19,20). The van der Waals surface area contributed by atoms with Gasteiger partial charge < -0.3 is 15.5 Å². The van der Waals surface area contributed by atoms with E-state index >= 15 is 0 Å². The van der Waals surface area contributed by atoms with Crippen LogP contribution in [0.15, 0.2) is 18.2 Å². The second-order valence-electron chi connectivity index (χ2n) is 5.14. The van der Waals surface area contributed by atoms with Gasteiger partial charge in [-0.25, -0.2) is 0 Å². The van der Waals surface area contributed by atoms with E-state index in [0.29, 0.717) is 5.56 Å². The molecule has 1 aromatic carbocycles. The minimum absolute atomic E-state index is 0.103. The van der Waals surface area contributed by atoms with Crippen LogP contribution >= 0.6 is 0 Å². The van der Waals surface area contributed by atoms with E-state index in [9.17, 15) is 14.4 Å². The molecule has 0 aromatic heterocycles. The van der Waals surface area contributed by atoms with Crippen LogP contribution in [-0.2, 0) is 9.59 Å². The molecule has 3 N–H and O–H groups in total. The van der Waals surface area contributed by atoms with Gasteiger partial charge in [0.05, 0.1) is 11.4 Å². The predicted octanol–water partition coefficient (Wildman–Crippen LogP) is 0.0111. The molecule has 0 spiro atoms.